The van der Waals surface area contributed by atoms with E-state index in [-0.39, 0.29) is 24.3 Å². The van der Waals surface area contributed by atoms with Crippen LogP contribution in [0.5, 0.6) is 11.5 Å². The molecule has 0 bridgehead atoms. The molecule has 4 aromatic rings. The molecule has 0 saturated carbocycles. The normalized spacial score (nSPS) is 15.3. The second-order valence-electron chi connectivity index (χ2n) is 14.5. The first kappa shape index (κ1) is 39.8. The van der Waals surface area contributed by atoms with Crippen LogP contribution in [0.2, 0.25) is 0 Å². The number of benzene rings is 2. The van der Waals surface area contributed by atoms with Gasteiger partial charge in [-0.3, -0.25) is 44.0 Å². The number of piperidine rings is 1. The second kappa shape index (κ2) is 18.2. The predicted octanol–water partition coefficient (Wildman–Crippen LogP) is 5.43. The van der Waals surface area contributed by atoms with Crippen LogP contribution in [0.1, 0.15) is 102 Å². The Balaban J connectivity index is 0.883. The molecular formula is C43H49N5O8. The number of aromatic nitrogens is 2. The molecule has 2 N–H and O–H groups in total. The Morgan fingerprint density at radius 1 is 0.857 bits per heavy atom. The molecule has 13 nitrogen and oxygen atoms in total. The molecule has 1 unspecified atom stereocenters. The summed E-state index contributed by atoms with van der Waals surface area (Å²) in [5, 5.41) is 6.60. The monoisotopic (exact) mass is 763 g/mol. The number of nitrogens with zero attached hydrogens (tertiary/aromatic N) is 3. The van der Waals surface area contributed by atoms with Gasteiger partial charge in [-0.2, -0.15) is 0 Å². The number of hydrogen-bond acceptors (Lipinski definition) is 9. The van der Waals surface area contributed by atoms with Gasteiger partial charge in [-0.05, 0) is 79.3 Å². The molecule has 56 heavy (non-hydrogen) atoms. The number of rotatable bonds is 18. The minimum Gasteiger partial charge on any atom is -0.496 e. The lowest BCUT2D eigenvalue weighted by Gasteiger charge is -2.27. The van der Waals surface area contributed by atoms with E-state index in [0.717, 1.165) is 77.5 Å². The van der Waals surface area contributed by atoms with Crippen LogP contribution in [0, 0.1) is 0 Å². The highest BCUT2D eigenvalue weighted by atomic mass is 16.5. The number of carbonyl (C=O) groups is 5. The fourth-order valence-electron chi connectivity index (χ4n) is 7.79. The maximum absolute atomic E-state index is 13.3. The largest absolute Gasteiger partial charge is 0.496 e. The van der Waals surface area contributed by atoms with Gasteiger partial charge in [0, 0.05) is 56.2 Å². The highest BCUT2D eigenvalue weighted by molar-refractivity contribution is 6.24. The van der Waals surface area contributed by atoms with Crippen molar-refractivity contribution in [2.75, 3.05) is 20.8 Å². The second-order valence-corrected chi connectivity index (χ2v) is 14.5. The first-order valence-electron chi connectivity index (χ1n) is 19.4. The van der Waals surface area contributed by atoms with Gasteiger partial charge in [-0.15, -0.1) is 0 Å². The highest BCUT2D eigenvalue weighted by Gasteiger charge is 2.45. The molecule has 1 atom stereocenters. The van der Waals surface area contributed by atoms with Gasteiger partial charge < -0.3 is 19.4 Å². The van der Waals surface area contributed by atoms with Crippen LogP contribution in [0.4, 0.5) is 0 Å². The number of unbranched alkanes of at least 4 members (excludes halogenated alkanes) is 6. The summed E-state index contributed by atoms with van der Waals surface area (Å²) in [4.78, 5) is 80.8. The standard InChI is InChI=1S/C43H49N5O8/c1-47-26-33(29-20-22-44-25-32(29)41(47)52)28-23-35(55-2)30(36(24-28)56-3)15-12-17-37(49)45-21-10-8-6-4-5-7-9-13-27-14-11-16-31-39(27)43(54)48(42(31)53)34-18-19-38(50)46-40(34)51/h11,14,16,20,22-26,34H,4-10,12-13,15,17-19,21H2,1-3H3,(H,45,49)(H,46,50,51). The van der Waals surface area contributed by atoms with Crippen LogP contribution in [-0.2, 0) is 34.3 Å². The quantitative estimate of drug-likeness (QED) is 0.0993. The molecule has 2 aliphatic rings. The minimum atomic E-state index is -0.966. The van der Waals surface area contributed by atoms with E-state index in [0.29, 0.717) is 60.2 Å². The van der Waals surface area contributed by atoms with E-state index in [9.17, 15) is 28.8 Å². The van der Waals surface area contributed by atoms with E-state index in [4.69, 9.17) is 9.47 Å². The van der Waals surface area contributed by atoms with Crippen LogP contribution >= 0.6 is 0 Å². The van der Waals surface area contributed by atoms with E-state index in [1.807, 2.05) is 24.3 Å². The van der Waals surface area contributed by atoms with Gasteiger partial charge in [0.05, 0.1) is 30.7 Å². The lowest BCUT2D eigenvalue weighted by molar-refractivity contribution is -0.136. The molecule has 6 rings (SSSR count). The number of imide groups is 2. The average Bonchev–Trinajstić information content (AvgIpc) is 3.45. The molecule has 4 heterocycles. The van der Waals surface area contributed by atoms with Crippen LogP contribution in [0.15, 0.2) is 59.8 Å². The van der Waals surface area contributed by atoms with Crippen molar-refractivity contribution in [3.63, 3.8) is 0 Å². The Morgan fingerprint density at radius 2 is 1.57 bits per heavy atom. The molecule has 1 fully saturated rings. The third-order valence-electron chi connectivity index (χ3n) is 10.7. The van der Waals surface area contributed by atoms with Crippen molar-refractivity contribution in [2.24, 2.45) is 7.05 Å². The van der Waals surface area contributed by atoms with Crippen LogP contribution in [0.3, 0.4) is 0 Å². The molecule has 13 heteroatoms. The first-order valence-corrected chi connectivity index (χ1v) is 19.4. The maximum Gasteiger partial charge on any atom is 0.262 e. The number of ether oxygens (including phenoxy) is 2. The Morgan fingerprint density at radius 3 is 2.29 bits per heavy atom. The number of carbonyl (C=O) groups excluding carboxylic acids is 5. The summed E-state index contributed by atoms with van der Waals surface area (Å²) in [6, 6.07) is 10.0. The Kier molecular flexibility index (Phi) is 12.9. The Hall–Kier alpha value is -5.85. The molecule has 0 spiro atoms. The van der Waals surface area contributed by atoms with E-state index in [1.54, 1.807) is 56.6 Å². The molecule has 2 aliphatic heterocycles. The van der Waals surface area contributed by atoms with E-state index >= 15 is 0 Å². The number of aryl methyl sites for hydroxylation is 2. The fraction of sp³-hybridized carbons (Fsp3) is 0.419. The molecule has 0 aliphatic carbocycles. The van der Waals surface area contributed by atoms with Crippen molar-refractivity contribution in [2.45, 2.75) is 89.5 Å². The Bertz CT molecular complexity index is 2190. The minimum absolute atomic E-state index is 0.0117. The third-order valence-corrected chi connectivity index (χ3v) is 10.7. The number of methoxy groups -OCH3 is 2. The number of hydrogen-bond donors (Lipinski definition) is 2. The smallest absolute Gasteiger partial charge is 0.262 e. The zero-order chi connectivity index (χ0) is 39.8. The lowest BCUT2D eigenvalue weighted by Crippen LogP contribution is -2.54. The third kappa shape index (κ3) is 8.66. The summed E-state index contributed by atoms with van der Waals surface area (Å²) >= 11 is 0. The zero-order valence-electron chi connectivity index (χ0n) is 32.3. The van der Waals surface area contributed by atoms with Gasteiger partial charge in [-0.25, -0.2) is 0 Å². The van der Waals surface area contributed by atoms with Crippen LogP contribution < -0.4 is 25.7 Å². The van der Waals surface area contributed by atoms with Crippen molar-refractivity contribution in [3.8, 4) is 22.6 Å². The molecule has 5 amide bonds. The molecule has 2 aromatic heterocycles. The van der Waals surface area contributed by atoms with E-state index in [2.05, 4.69) is 15.6 Å². The van der Waals surface area contributed by atoms with Gasteiger partial charge in [0.2, 0.25) is 17.7 Å². The van der Waals surface area contributed by atoms with Gasteiger partial charge in [0.1, 0.15) is 17.5 Å². The van der Waals surface area contributed by atoms with Crippen molar-refractivity contribution in [3.05, 3.63) is 87.6 Å². The molecule has 0 radical (unpaired) electrons. The maximum atomic E-state index is 13.3. The van der Waals surface area contributed by atoms with Crippen molar-refractivity contribution < 1.29 is 33.4 Å². The number of fused-ring (bicyclic) bond motifs is 2. The predicted molar refractivity (Wildman–Crippen MR) is 211 cm³/mol. The summed E-state index contributed by atoms with van der Waals surface area (Å²) in [5.41, 5.74) is 3.99. The first-order chi connectivity index (χ1) is 27.1. The molecule has 1 saturated heterocycles. The molecule has 2 aromatic carbocycles. The highest BCUT2D eigenvalue weighted by Crippen LogP contribution is 2.38. The van der Waals surface area contributed by atoms with Crippen LogP contribution in [-0.4, -0.2) is 70.8 Å². The number of pyridine rings is 2. The Labute approximate surface area is 325 Å². The lowest BCUT2D eigenvalue weighted by atomic mass is 9.97. The molecular weight excluding hydrogens is 715 g/mol. The number of amides is 5. The van der Waals surface area contributed by atoms with Crippen molar-refractivity contribution in [1.82, 2.24) is 25.1 Å². The van der Waals surface area contributed by atoms with E-state index in [1.165, 1.54) is 0 Å². The zero-order valence-corrected chi connectivity index (χ0v) is 32.3. The number of nitrogens with one attached hydrogen (secondary N) is 2. The summed E-state index contributed by atoms with van der Waals surface area (Å²) in [5.74, 6) is -0.611. The van der Waals surface area contributed by atoms with Gasteiger partial charge >= 0.3 is 0 Å². The van der Waals surface area contributed by atoms with Gasteiger partial charge in [0.25, 0.3) is 17.4 Å². The summed E-state index contributed by atoms with van der Waals surface area (Å²) < 4.78 is 13.1. The van der Waals surface area contributed by atoms with Crippen LogP contribution in [0.25, 0.3) is 21.9 Å². The molecule has 294 valence electrons. The van der Waals surface area contributed by atoms with Gasteiger partial charge in [0.15, 0.2) is 0 Å². The summed E-state index contributed by atoms with van der Waals surface area (Å²) in [6.45, 7) is 0.630. The summed E-state index contributed by atoms with van der Waals surface area (Å²) in [7, 11) is 4.94. The van der Waals surface area contributed by atoms with Gasteiger partial charge in [-0.1, -0.05) is 44.2 Å². The topological polar surface area (TPSA) is 166 Å². The summed E-state index contributed by atoms with van der Waals surface area (Å²) in [6.07, 6.45) is 14.5. The fourth-order valence-corrected chi connectivity index (χ4v) is 7.79. The SMILES string of the molecule is COc1cc(-c2cn(C)c(=O)c3cnccc23)cc(OC)c1CCCC(=O)NCCCCCCCCCc1cccc2c1C(=O)N(C1CCC(=O)NC1=O)C2=O. The van der Waals surface area contributed by atoms with Crippen molar-refractivity contribution in [1.29, 1.82) is 0 Å². The average molecular weight is 764 g/mol. The van der Waals surface area contributed by atoms with Crippen molar-refractivity contribution >= 4 is 40.3 Å². The van der Waals surface area contributed by atoms with E-state index < -0.39 is 29.7 Å².